The van der Waals surface area contributed by atoms with Crippen molar-refractivity contribution >= 4 is 57.0 Å². The zero-order valence-corrected chi connectivity index (χ0v) is 26.6. The Morgan fingerprint density at radius 2 is 1.98 bits per heavy atom. The molecule has 2 amide bonds. The van der Waals surface area contributed by atoms with Crippen LogP contribution < -0.4 is 15.6 Å². The SMILES string of the molecule is C=CC(=O)N1CCC([NH+]=C(C)/C(=C(\N)c2ccc3c(c2)CCN3C(=O)CN2CCC(F)C2)c2c(Cl)c(C)cc3[nH]ncc23)CC1. The maximum atomic E-state index is 13.7. The molecule has 0 spiro atoms. The number of carbonyl (C=O) groups excluding carboxylic acids is 2. The van der Waals surface area contributed by atoms with Gasteiger partial charge in [0.05, 0.1) is 34.6 Å². The molecule has 2 saturated heterocycles. The maximum absolute atomic E-state index is 13.7. The molecule has 11 heteroatoms. The molecule has 4 heterocycles. The lowest BCUT2D eigenvalue weighted by atomic mass is 9.91. The number of amides is 2. The fraction of sp³-hybridized carbons (Fsp3) is 0.412. The van der Waals surface area contributed by atoms with Crippen molar-refractivity contribution in [3.63, 3.8) is 0 Å². The Bertz CT molecular complexity index is 1720. The van der Waals surface area contributed by atoms with Crippen molar-refractivity contribution < 1.29 is 19.0 Å². The second-order valence-corrected chi connectivity index (χ2v) is 12.7. The van der Waals surface area contributed by atoms with Gasteiger partial charge < -0.3 is 15.5 Å². The molecule has 0 saturated carbocycles. The predicted molar refractivity (Wildman–Crippen MR) is 177 cm³/mol. The average Bonchev–Trinajstić information content (AvgIpc) is 3.78. The molecule has 1 aromatic heterocycles. The van der Waals surface area contributed by atoms with Gasteiger partial charge in [-0.2, -0.15) is 5.10 Å². The molecular formula is C34H40ClFN7O2+. The molecule has 3 aliphatic rings. The fourth-order valence-electron chi connectivity index (χ4n) is 6.90. The number of anilines is 1. The molecule has 6 rings (SSSR count). The predicted octanol–water partition coefficient (Wildman–Crippen LogP) is 3.00. The minimum Gasteiger partial charge on any atom is -0.398 e. The number of H-pyrrole nitrogens is 1. The Labute approximate surface area is 267 Å². The molecule has 2 aromatic carbocycles. The van der Waals surface area contributed by atoms with Crippen LogP contribution in [0.3, 0.4) is 0 Å². The number of carbonyl (C=O) groups is 2. The number of hydrogen-bond donors (Lipinski definition) is 3. The molecule has 0 radical (unpaired) electrons. The number of halogens is 2. The summed E-state index contributed by atoms with van der Waals surface area (Å²) in [5.41, 5.74) is 14.6. The number of benzene rings is 2. The third kappa shape index (κ3) is 6.13. The van der Waals surface area contributed by atoms with E-state index in [-0.39, 0.29) is 24.4 Å². The van der Waals surface area contributed by atoms with E-state index in [1.54, 1.807) is 11.1 Å². The smallest absolute Gasteiger partial charge is 0.245 e. The van der Waals surface area contributed by atoms with Crippen LogP contribution in [-0.2, 0) is 16.0 Å². The highest BCUT2D eigenvalue weighted by atomic mass is 35.5. The van der Waals surface area contributed by atoms with Crippen molar-refractivity contribution in [2.45, 2.75) is 51.7 Å². The van der Waals surface area contributed by atoms with Crippen molar-refractivity contribution in [1.29, 1.82) is 0 Å². The molecule has 1 unspecified atom stereocenters. The van der Waals surface area contributed by atoms with Crippen LogP contribution >= 0.6 is 11.6 Å². The summed E-state index contributed by atoms with van der Waals surface area (Å²) in [7, 11) is 0. The average molecular weight is 633 g/mol. The van der Waals surface area contributed by atoms with Crippen molar-refractivity contribution in [1.82, 2.24) is 20.0 Å². The van der Waals surface area contributed by atoms with Gasteiger partial charge in [0.15, 0.2) is 11.8 Å². The lowest BCUT2D eigenvalue weighted by Gasteiger charge is -2.27. The van der Waals surface area contributed by atoms with E-state index < -0.39 is 6.17 Å². The molecule has 2 fully saturated rings. The van der Waals surface area contributed by atoms with Crippen LogP contribution in [0.4, 0.5) is 10.1 Å². The van der Waals surface area contributed by atoms with Crippen LogP contribution in [0.1, 0.15) is 48.4 Å². The summed E-state index contributed by atoms with van der Waals surface area (Å²) >= 11 is 7.04. The van der Waals surface area contributed by atoms with Crippen LogP contribution in [0.15, 0.2) is 43.1 Å². The number of fused-ring (bicyclic) bond motifs is 2. The Kier molecular flexibility index (Phi) is 8.79. The fourth-order valence-corrected chi connectivity index (χ4v) is 7.15. The van der Waals surface area contributed by atoms with Crippen LogP contribution in [0, 0.1) is 6.92 Å². The highest BCUT2D eigenvalue weighted by Crippen LogP contribution is 2.38. The number of aryl methyl sites for hydroxylation is 1. The standard InChI is InChI=1S/C34H39ClFN7O2/c1-4-29(44)42-12-9-25(10-13-42)39-21(3)31(32-26-17-38-40-27(26)15-20(2)33(32)35)34(37)23-5-6-28-22(16-23)7-14-43(28)30(45)19-41-11-8-24(36)18-41/h4-6,15-17,24-25H,1,7-14,18-19,37H2,2-3H3,(H,38,40)/p+1/b34-31+,39-21?. The molecule has 3 aromatic rings. The molecular weight excluding hydrogens is 593 g/mol. The van der Waals surface area contributed by atoms with Gasteiger partial charge in [0.2, 0.25) is 11.8 Å². The largest absolute Gasteiger partial charge is 0.398 e. The normalized spacial score (nSPS) is 20.1. The van der Waals surface area contributed by atoms with Crippen molar-refractivity contribution in [3.8, 4) is 0 Å². The maximum Gasteiger partial charge on any atom is 0.245 e. The lowest BCUT2D eigenvalue weighted by molar-refractivity contribution is -0.506. The van der Waals surface area contributed by atoms with Gasteiger partial charge in [-0.1, -0.05) is 24.2 Å². The first-order valence-electron chi connectivity index (χ1n) is 15.6. The molecule has 45 heavy (non-hydrogen) atoms. The number of piperidine rings is 1. The molecule has 4 N–H and O–H groups in total. The number of nitrogens with one attached hydrogen (secondary N) is 2. The highest BCUT2D eigenvalue weighted by Gasteiger charge is 2.31. The first-order chi connectivity index (χ1) is 21.6. The number of nitrogens with zero attached hydrogens (tertiary/aromatic N) is 4. The van der Waals surface area contributed by atoms with E-state index in [0.717, 1.165) is 63.0 Å². The Hall–Kier alpha value is -4.02. The van der Waals surface area contributed by atoms with Crippen molar-refractivity contribution in [3.05, 3.63) is 70.4 Å². The van der Waals surface area contributed by atoms with Gasteiger partial charge in [0.25, 0.3) is 0 Å². The van der Waals surface area contributed by atoms with E-state index in [4.69, 9.17) is 17.3 Å². The quantitative estimate of drug-likeness (QED) is 0.211. The number of likely N-dealkylation sites (tertiary alicyclic amines) is 2. The van der Waals surface area contributed by atoms with Gasteiger partial charge in [-0.15, -0.1) is 0 Å². The zero-order valence-electron chi connectivity index (χ0n) is 25.8. The van der Waals surface area contributed by atoms with E-state index in [1.165, 1.54) is 6.08 Å². The summed E-state index contributed by atoms with van der Waals surface area (Å²) in [6, 6.07) is 8.11. The second-order valence-electron chi connectivity index (χ2n) is 12.3. The molecule has 0 bridgehead atoms. The molecule has 3 aliphatic heterocycles. The Morgan fingerprint density at radius 1 is 1.20 bits per heavy atom. The van der Waals surface area contributed by atoms with Gasteiger partial charge in [-0.05, 0) is 60.7 Å². The minimum atomic E-state index is -0.857. The van der Waals surface area contributed by atoms with Gasteiger partial charge in [0.1, 0.15) is 6.17 Å². The van der Waals surface area contributed by atoms with E-state index in [2.05, 4.69) is 27.8 Å². The van der Waals surface area contributed by atoms with Crippen LogP contribution in [0.25, 0.3) is 22.2 Å². The van der Waals surface area contributed by atoms with Crippen LogP contribution in [-0.4, -0.2) is 89.0 Å². The first-order valence-corrected chi connectivity index (χ1v) is 16.0. The Balaban J connectivity index is 1.37. The number of allylic oxidation sites excluding steroid dienone is 1. The number of aromatic nitrogens is 2. The van der Waals surface area contributed by atoms with Crippen LogP contribution in [0.5, 0.6) is 0 Å². The van der Waals surface area contributed by atoms with Crippen molar-refractivity contribution in [2.24, 2.45) is 5.73 Å². The second kappa shape index (κ2) is 12.8. The summed E-state index contributed by atoms with van der Waals surface area (Å²) in [6.07, 6.45) is 5.05. The summed E-state index contributed by atoms with van der Waals surface area (Å²) in [5, 5.41) is 8.84. The third-order valence-electron chi connectivity index (χ3n) is 9.32. The summed E-state index contributed by atoms with van der Waals surface area (Å²) < 4.78 is 13.7. The number of alkyl halides is 1. The highest BCUT2D eigenvalue weighted by molar-refractivity contribution is 6.39. The molecule has 1 atom stereocenters. The summed E-state index contributed by atoms with van der Waals surface area (Å²) in [6.45, 7) is 10.6. The van der Waals surface area contributed by atoms with E-state index in [9.17, 15) is 14.0 Å². The number of rotatable bonds is 7. The zero-order chi connectivity index (χ0) is 31.8. The third-order valence-corrected chi connectivity index (χ3v) is 9.81. The number of hydrogen-bond acceptors (Lipinski definition) is 5. The van der Waals surface area contributed by atoms with Gasteiger partial charge in [-0.3, -0.25) is 19.6 Å². The topological polar surface area (TPSA) is 113 Å². The van der Waals surface area contributed by atoms with Gasteiger partial charge in [-0.25, -0.2) is 9.38 Å². The van der Waals surface area contributed by atoms with Crippen molar-refractivity contribution in [2.75, 3.05) is 44.2 Å². The monoisotopic (exact) mass is 632 g/mol. The van der Waals surface area contributed by atoms with E-state index >= 15 is 0 Å². The summed E-state index contributed by atoms with van der Waals surface area (Å²) in [5.74, 6) is -0.0582. The summed E-state index contributed by atoms with van der Waals surface area (Å²) in [4.78, 5) is 34.5. The minimum absolute atomic E-state index is 0.0112. The Morgan fingerprint density at radius 3 is 2.69 bits per heavy atom. The van der Waals surface area contributed by atoms with E-state index in [0.29, 0.717) is 56.3 Å². The first kappa shape index (κ1) is 31.0. The lowest BCUT2D eigenvalue weighted by Crippen LogP contribution is -2.81. The van der Waals surface area contributed by atoms with Crippen LogP contribution in [0.2, 0.25) is 5.02 Å². The number of nitrogens with two attached hydrogens (primary N) is 1. The number of aromatic amines is 1. The molecule has 236 valence electrons. The van der Waals surface area contributed by atoms with Gasteiger partial charge >= 0.3 is 0 Å². The molecule has 0 aliphatic carbocycles. The molecule has 9 nitrogen and oxygen atoms in total. The van der Waals surface area contributed by atoms with Gasteiger partial charge in [0, 0.05) is 69.1 Å². The van der Waals surface area contributed by atoms with E-state index in [1.807, 2.05) is 41.8 Å².